The Kier molecular flexibility index (Phi) is 4.82. The van der Waals surface area contributed by atoms with Gasteiger partial charge in [-0.1, -0.05) is 35.9 Å². The van der Waals surface area contributed by atoms with Crippen LogP contribution < -0.4 is 15.4 Å². The monoisotopic (exact) mass is 434 g/mol. The normalized spacial score (nSPS) is 14.5. The van der Waals surface area contributed by atoms with Crippen molar-refractivity contribution in [3.05, 3.63) is 93.5 Å². The Bertz CT molecular complexity index is 1230. The van der Waals surface area contributed by atoms with Crippen molar-refractivity contribution in [1.82, 2.24) is 9.97 Å². The lowest BCUT2D eigenvalue weighted by Crippen LogP contribution is -2.15. The average Bonchev–Trinajstić information content (AvgIpc) is 3.19. The Balaban J connectivity index is 1.49. The third-order valence-corrected chi connectivity index (χ3v) is 5.74. The number of hydrogen-bond donors (Lipinski definition) is 2. The molecular formula is C22H15ClN4O2S. The first-order chi connectivity index (χ1) is 14.7. The molecular weight excluding hydrogens is 420 g/mol. The quantitative estimate of drug-likeness (QED) is 0.429. The number of para-hydroxylation sites is 1. The van der Waals surface area contributed by atoms with Gasteiger partial charge >= 0.3 is 0 Å². The number of ether oxygens (including phenoxy) is 1. The van der Waals surface area contributed by atoms with E-state index in [1.54, 1.807) is 29.8 Å². The number of amides is 1. The van der Waals surface area contributed by atoms with E-state index in [2.05, 4.69) is 20.6 Å². The minimum atomic E-state index is -0.308. The van der Waals surface area contributed by atoms with Crippen molar-refractivity contribution in [2.24, 2.45) is 0 Å². The fourth-order valence-electron chi connectivity index (χ4n) is 3.20. The minimum absolute atomic E-state index is 0.290. The Morgan fingerprint density at radius 1 is 1.10 bits per heavy atom. The van der Waals surface area contributed by atoms with E-state index in [1.165, 1.54) is 11.3 Å². The minimum Gasteiger partial charge on any atom is -0.455 e. The number of rotatable bonds is 3. The molecule has 1 unspecified atom stereocenters. The molecule has 1 atom stereocenters. The molecule has 0 aliphatic carbocycles. The molecule has 4 aromatic rings. The second-order valence-electron chi connectivity index (χ2n) is 6.60. The van der Waals surface area contributed by atoms with Crippen molar-refractivity contribution in [3.63, 3.8) is 0 Å². The van der Waals surface area contributed by atoms with Crippen LogP contribution in [0.1, 0.15) is 27.1 Å². The largest absolute Gasteiger partial charge is 0.455 e. The van der Waals surface area contributed by atoms with E-state index in [0.717, 1.165) is 22.0 Å². The Labute approximate surface area is 181 Å². The molecule has 1 amide bonds. The fourth-order valence-corrected chi connectivity index (χ4v) is 4.24. The van der Waals surface area contributed by atoms with Gasteiger partial charge in [0.05, 0.1) is 5.69 Å². The molecule has 6 nitrogen and oxygen atoms in total. The molecule has 148 valence electrons. The number of carbonyl (C=O) groups excluding carboxylic acids is 1. The summed E-state index contributed by atoms with van der Waals surface area (Å²) in [7, 11) is 0. The maximum Gasteiger partial charge on any atom is 0.276 e. The molecule has 0 saturated carbocycles. The van der Waals surface area contributed by atoms with Crippen molar-refractivity contribution in [2.45, 2.75) is 6.04 Å². The van der Waals surface area contributed by atoms with Crippen molar-refractivity contribution in [2.75, 3.05) is 10.6 Å². The average molecular weight is 435 g/mol. The molecule has 2 aromatic heterocycles. The van der Waals surface area contributed by atoms with Crippen LogP contribution in [0.3, 0.4) is 0 Å². The summed E-state index contributed by atoms with van der Waals surface area (Å²) >= 11 is 7.59. The first-order valence-electron chi connectivity index (χ1n) is 9.18. The summed E-state index contributed by atoms with van der Waals surface area (Å²) in [5.74, 6) is 1.58. The van der Waals surface area contributed by atoms with Gasteiger partial charge in [0, 0.05) is 22.2 Å². The summed E-state index contributed by atoms with van der Waals surface area (Å²) in [6.07, 6.45) is 1.62. The molecule has 3 heterocycles. The zero-order valence-corrected chi connectivity index (χ0v) is 17.1. The number of nitrogens with zero attached hydrogens (tertiary/aromatic N) is 2. The maximum absolute atomic E-state index is 12.6. The highest BCUT2D eigenvalue weighted by Crippen LogP contribution is 2.43. The number of hydrogen-bond acceptors (Lipinski definition) is 6. The lowest BCUT2D eigenvalue weighted by Gasteiger charge is -2.16. The van der Waals surface area contributed by atoms with Gasteiger partial charge in [-0.05, 0) is 36.4 Å². The highest BCUT2D eigenvalue weighted by molar-refractivity contribution is 7.10. The van der Waals surface area contributed by atoms with Crippen molar-refractivity contribution in [1.29, 1.82) is 0 Å². The lowest BCUT2D eigenvalue weighted by molar-refractivity contribution is 0.102. The van der Waals surface area contributed by atoms with E-state index >= 15 is 0 Å². The van der Waals surface area contributed by atoms with Gasteiger partial charge in [0.15, 0.2) is 5.75 Å². The number of nitrogens with one attached hydrogen (secondary N) is 2. The number of anilines is 2. The smallest absolute Gasteiger partial charge is 0.276 e. The molecule has 8 heteroatoms. The van der Waals surface area contributed by atoms with E-state index in [9.17, 15) is 4.79 Å². The number of benzene rings is 2. The molecule has 0 saturated heterocycles. The van der Waals surface area contributed by atoms with Crippen molar-refractivity contribution >= 4 is 40.4 Å². The van der Waals surface area contributed by atoms with Gasteiger partial charge in [-0.2, -0.15) is 0 Å². The molecule has 1 aliphatic heterocycles. The number of aromatic nitrogens is 2. The third kappa shape index (κ3) is 3.60. The van der Waals surface area contributed by atoms with E-state index in [1.807, 2.05) is 42.5 Å². The van der Waals surface area contributed by atoms with Gasteiger partial charge in [0.25, 0.3) is 5.91 Å². The molecule has 2 N–H and O–H groups in total. The number of carbonyl (C=O) groups is 1. The summed E-state index contributed by atoms with van der Waals surface area (Å²) in [4.78, 5) is 21.3. The zero-order chi connectivity index (χ0) is 20.5. The Hall–Kier alpha value is -3.42. The van der Waals surface area contributed by atoms with Crippen LogP contribution in [0.15, 0.2) is 72.2 Å². The SMILES string of the molecule is O=C(Nc1ccccn1)c1csc(C2Nc3cc(Cl)ccc3Oc3ccccc32)n1. The Morgan fingerprint density at radius 2 is 1.97 bits per heavy atom. The van der Waals surface area contributed by atoms with Gasteiger partial charge in [-0.15, -0.1) is 11.3 Å². The van der Waals surface area contributed by atoms with Crippen LogP contribution in [0.2, 0.25) is 5.02 Å². The molecule has 0 bridgehead atoms. The predicted octanol–water partition coefficient (Wildman–Crippen LogP) is 5.75. The lowest BCUT2D eigenvalue weighted by atomic mass is 10.1. The number of thiazole rings is 1. The molecule has 0 fully saturated rings. The fraction of sp³-hybridized carbons (Fsp3) is 0.0455. The summed E-state index contributed by atoms with van der Waals surface area (Å²) in [5.41, 5.74) is 2.02. The molecule has 30 heavy (non-hydrogen) atoms. The van der Waals surface area contributed by atoms with E-state index in [-0.39, 0.29) is 11.9 Å². The highest BCUT2D eigenvalue weighted by atomic mass is 35.5. The predicted molar refractivity (Wildman–Crippen MR) is 118 cm³/mol. The highest BCUT2D eigenvalue weighted by Gasteiger charge is 2.27. The summed E-state index contributed by atoms with van der Waals surface area (Å²) in [6, 6.07) is 18.2. The number of pyridine rings is 1. The zero-order valence-electron chi connectivity index (χ0n) is 15.5. The van der Waals surface area contributed by atoms with Crippen LogP contribution in [-0.4, -0.2) is 15.9 Å². The van der Waals surface area contributed by atoms with Crippen LogP contribution in [0.25, 0.3) is 0 Å². The third-order valence-electron chi connectivity index (χ3n) is 4.60. The van der Waals surface area contributed by atoms with Gasteiger partial charge in [0.1, 0.15) is 28.3 Å². The molecule has 1 aliphatic rings. The number of fused-ring (bicyclic) bond motifs is 2. The topological polar surface area (TPSA) is 76.1 Å². The van der Waals surface area contributed by atoms with Crippen LogP contribution >= 0.6 is 22.9 Å². The molecule has 2 aromatic carbocycles. The van der Waals surface area contributed by atoms with E-state index in [4.69, 9.17) is 16.3 Å². The standard InChI is InChI=1S/C22H15ClN4O2S/c23-13-8-9-18-15(11-13)25-20(14-5-1-2-6-17(14)29-18)22-26-16(12-30-22)21(28)27-19-7-3-4-10-24-19/h1-12,20,25H,(H,24,27,28). The molecule has 0 radical (unpaired) electrons. The van der Waals surface area contributed by atoms with Gasteiger partial charge in [-0.3, -0.25) is 4.79 Å². The van der Waals surface area contributed by atoms with Gasteiger partial charge in [0.2, 0.25) is 0 Å². The van der Waals surface area contributed by atoms with Crippen LogP contribution in [0.4, 0.5) is 11.5 Å². The maximum atomic E-state index is 12.6. The van der Waals surface area contributed by atoms with E-state index < -0.39 is 0 Å². The van der Waals surface area contributed by atoms with E-state index in [0.29, 0.717) is 22.3 Å². The van der Waals surface area contributed by atoms with Gasteiger partial charge < -0.3 is 15.4 Å². The number of halogens is 1. The second-order valence-corrected chi connectivity index (χ2v) is 7.92. The van der Waals surface area contributed by atoms with Crippen LogP contribution in [-0.2, 0) is 0 Å². The van der Waals surface area contributed by atoms with Crippen molar-refractivity contribution < 1.29 is 9.53 Å². The summed E-state index contributed by atoms with van der Waals surface area (Å²) in [5, 5.41) is 9.31. The first-order valence-corrected chi connectivity index (χ1v) is 10.4. The molecule has 5 rings (SSSR count). The van der Waals surface area contributed by atoms with Crippen molar-refractivity contribution in [3.8, 4) is 11.5 Å². The van der Waals surface area contributed by atoms with Crippen LogP contribution in [0, 0.1) is 0 Å². The van der Waals surface area contributed by atoms with Gasteiger partial charge in [-0.25, -0.2) is 9.97 Å². The van der Waals surface area contributed by atoms with Crippen LogP contribution in [0.5, 0.6) is 11.5 Å². The molecule has 0 spiro atoms. The Morgan fingerprint density at radius 3 is 2.83 bits per heavy atom. The summed E-state index contributed by atoms with van der Waals surface area (Å²) < 4.78 is 6.11. The first kappa shape index (κ1) is 18.6. The second kappa shape index (κ2) is 7.78. The summed E-state index contributed by atoms with van der Waals surface area (Å²) in [6.45, 7) is 0.